The SMILES string of the molecule is S=C(Nc1cccnc1)N1CCCN(Cc2ccco2)CC1. The lowest BCUT2D eigenvalue weighted by Crippen LogP contribution is -2.37. The number of thiocarbonyl (C=S) groups is 1. The molecule has 1 fully saturated rings. The van der Waals surface area contributed by atoms with Crippen LogP contribution in [-0.4, -0.2) is 46.1 Å². The molecule has 3 rings (SSSR count). The number of pyridine rings is 1. The van der Waals surface area contributed by atoms with E-state index in [1.807, 2.05) is 24.3 Å². The van der Waals surface area contributed by atoms with Crippen LogP contribution in [0.4, 0.5) is 5.69 Å². The Bertz CT molecular complexity index is 587. The first-order valence-corrected chi connectivity index (χ1v) is 7.93. The topological polar surface area (TPSA) is 44.5 Å². The monoisotopic (exact) mass is 316 g/mol. The van der Waals surface area contributed by atoms with E-state index in [0.29, 0.717) is 0 Å². The Morgan fingerprint density at radius 1 is 1.23 bits per heavy atom. The number of hydrogen-bond acceptors (Lipinski definition) is 4. The van der Waals surface area contributed by atoms with E-state index in [0.717, 1.165) is 55.7 Å². The van der Waals surface area contributed by atoms with Crippen molar-refractivity contribution < 1.29 is 4.42 Å². The molecule has 0 amide bonds. The van der Waals surface area contributed by atoms with Gasteiger partial charge in [-0.3, -0.25) is 9.88 Å². The number of rotatable bonds is 3. The Balaban J connectivity index is 1.52. The van der Waals surface area contributed by atoms with Crippen LogP contribution in [0, 0.1) is 0 Å². The molecule has 0 aliphatic carbocycles. The van der Waals surface area contributed by atoms with Crippen molar-refractivity contribution in [3.63, 3.8) is 0 Å². The van der Waals surface area contributed by atoms with E-state index >= 15 is 0 Å². The molecule has 5 nitrogen and oxygen atoms in total. The summed E-state index contributed by atoms with van der Waals surface area (Å²) in [5.41, 5.74) is 0.934. The van der Waals surface area contributed by atoms with Crippen molar-refractivity contribution in [2.75, 3.05) is 31.5 Å². The molecule has 1 saturated heterocycles. The number of aromatic nitrogens is 1. The van der Waals surface area contributed by atoms with Crippen molar-refractivity contribution in [3.05, 3.63) is 48.7 Å². The standard InChI is InChI=1S/C16H20N4OS/c22-16(18-14-4-1-6-17-12-14)20-8-3-7-19(9-10-20)13-15-5-2-11-21-15/h1-2,4-6,11-12H,3,7-10,13H2,(H,18,22). The van der Waals surface area contributed by atoms with Crippen molar-refractivity contribution in [1.82, 2.24) is 14.8 Å². The van der Waals surface area contributed by atoms with Gasteiger partial charge in [-0.05, 0) is 42.9 Å². The molecule has 2 aromatic rings. The molecule has 3 heterocycles. The third kappa shape index (κ3) is 4.05. The molecule has 1 aliphatic heterocycles. The average molecular weight is 316 g/mol. The van der Waals surface area contributed by atoms with E-state index < -0.39 is 0 Å². The zero-order chi connectivity index (χ0) is 15.2. The summed E-state index contributed by atoms with van der Waals surface area (Å²) in [7, 11) is 0. The molecule has 0 aromatic carbocycles. The Morgan fingerprint density at radius 3 is 2.95 bits per heavy atom. The minimum absolute atomic E-state index is 0.771. The largest absolute Gasteiger partial charge is 0.468 e. The predicted octanol–water partition coefficient (Wildman–Crippen LogP) is 2.58. The van der Waals surface area contributed by atoms with E-state index in [4.69, 9.17) is 16.6 Å². The van der Waals surface area contributed by atoms with E-state index in [1.54, 1.807) is 18.7 Å². The predicted molar refractivity (Wildman–Crippen MR) is 90.6 cm³/mol. The van der Waals surface area contributed by atoms with Crippen LogP contribution in [-0.2, 0) is 6.54 Å². The van der Waals surface area contributed by atoms with Crippen molar-refractivity contribution in [2.24, 2.45) is 0 Å². The van der Waals surface area contributed by atoms with Crippen LogP contribution in [0.1, 0.15) is 12.2 Å². The van der Waals surface area contributed by atoms with Crippen LogP contribution in [0.5, 0.6) is 0 Å². The smallest absolute Gasteiger partial charge is 0.173 e. The van der Waals surface area contributed by atoms with Gasteiger partial charge in [-0.15, -0.1) is 0 Å². The van der Waals surface area contributed by atoms with E-state index in [9.17, 15) is 0 Å². The lowest BCUT2D eigenvalue weighted by atomic mass is 10.3. The molecule has 0 saturated carbocycles. The summed E-state index contributed by atoms with van der Waals surface area (Å²) in [6.07, 6.45) is 6.36. The first-order chi connectivity index (χ1) is 10.8. The summed E-state index contributed by atoms with van der Waals surface area (Å²) >= 11 is 5.52. The Hall–Kier alpha value is -1.92. The molecular formula is C16H20N4OS. The van der Waals surface area contributed by atoms with Gasteiger partial charge in [0.2, 0.25) is 0 Å². The van der Waals surface area contributed by atoms with Crippen molar-refractivity contribution in [1.29, 1.82) is 0 Å². The summed E-state index contributed by atoms with van der Waals surface area (Å²) in [4.78, 5) is 8.73. The van der Waals surface area contributed by atoms with Gasteiger partial charge in [0.05, 0.1) is 24.7 Å². The molecule has 0 radical (unpaired) electrons. The van der Waals surface area contributed by atoms with Gasteiger partial charge in [-0.1, -0.05) is 0 Å². The highest BCUT2D eigenvalue weighted by Gasteiger charge is 2.17. The zero-order valence-corrected chi connectivity index (χ0v) is 13.3. The molecule has 1 aliphatic rings. The highest BCUT2D eigenvalue weighted by Crippen LogP contribution is 2.11. The number of nitrogens with zero attached hydrogens (tertiary/aromatic N) is 3. The fourth-order valence-electron chi connectivity index (χ4n) is 2.59. The summed E-state index contributed by atoms with van der Waals surface area (Å²) in [6, 6.07) is 7.84. The Morgan fingerprint density at radius 2 is 2.18 bits per heavy atom. The van der Waals surface area contributed by atoms with E-state index in [1.165, 1.54) is 0 Å². The van der Waals surface area contributed by atoms with Crippen LogP contribution in [0.3, 0.4) is 0 Å². The van der Waals surface area contributed by atoms with Crippen LogP contribution in [0.25, 0.3) is 0 Å². The molecule has 2 aromatic heterocycles. The summed E-state index contributed by atoms with van der Waals surface area (Å²) in [6.45, 7) is 4.81. The second kappa shape index (κ2) is 7.38. The van der Waals surface area contributed by atoms with Crippen molar-refractivity contribution in [2.45, 2.75) is 13.0 Å². The first-order valence-electron chi connectivity index (χ1n) is 7.52. The zero-order valence-electron chi connectivity index (χ0n) is 12.4. The molecule has 22 heavy (non-hydrogen) atoms. The molecular weight excluding hydrogens is 296 g/mol. The summed E-state index contributed by atoms with van der Waals surface area (Å²) in [5.74, 6) is 1.02. The van der Waals surface area contributed by atoms with Gasteiger partial charge < -0.3 is 14.6 Å². The van der Waals surface area contributed by atoms with Crippen LogP contribution < -0.4 is 5.32 Å². The lowest BCUT2D eigenvalue weighted by molar-refractivity contribution is 0.255. The quantitative estimate of drug-likeness (QED) is 0.878. The molecule has 0 atom stereocenters. The average Bonchev–Trinajstić information content (AvgIpc) is 2.92. The number of furan rings is 1. The van der Waals surface area contributed by atoms with Gasteiger partial charge in [-0.2, -0.15) is 0 Å². The van der Waals surface area contributed by atoms with Gasteiger partial charge in [0, 0.05) is 32.4 Å². The van der Waals surface area contributed by atoms with E-state index in [-0.39, 0.29) is 0 Å². The van der Waals surface area contributed by atoms with Gasteiger partial charge >= 0.3 is 0 Å². The molecule has 6 heteroatoms. The fraction of sp³-hybridized carbons (Fsp3) is 0.375. The molecule has 0 bridgehead atoms. The van der Waals surface area contributed by atoms with E-state index in [2.05, 4.69) is 20.1 Å². The fourth-order valence-corrected chi connectivity index (χ4v) is 2.89. The molecule has 0 unspecified atom stereocenters. The maximum atomic E-state index is 5.52. The Kier molecular flexibility index (Phi) is 5.03. The molecule has 0 spiro atoms. The molecule has 116 valence electrons. The van der Waals surface area contributed by atoms with Gasteiger partial charge in [0.25, 0.3) is 0 Å². The maximum Gasteiger partial charge on any atom is 0.173 e. The van der Waals surface area contributed by atoms with Crippen LogP contribution >= 0.6 is 12.2 Å². The maximum absolute atomic E-state index is 5.52. The van der Waals surface area contributed by atoms with Gasteiger partial charge in [0.15, 0.2) is 5.11 Å². The minimum Gasteiger partial charge on any atom is -0.468 e. The van der Waals surface area contributed by atoms with Crippen molar-refractivity contribution in [3.8, 4) is 0 Å². The second-order valence-electron chi connectivity index (χ2n) is 5.37. The third-order valence-electron chi connectivity index (χ3n) is 3.75. The van der Waals surface area contributed by atoms with Crippen LogP contribution in [0.2, 0.25) is 0 Å². The van der Waals surface area contributed by atoms with Gasteiger partial charge in [-0.25, -0.2) is 0 Å². The highest BCUT2D eigenvalue weighted by molar-refractivity contribution is 7.80. The van der Waals surface area contributed by atoms with Gasteiger partial charge in [0.1, 0.15) is 5.76 Å². The number of nitrogens with one attached hydrogen (secondary N) is 1. The summed E-state index contributed by atoms with van der Waals surface area (Å²) < 4.78 is 5.43. The van der Waals surface area contributed by atoms with Crippen molar-refractivity contribution >= 4 is 23.0 Å². The first kappa shape index (κ1) is 15.0. The van der Waals surface area contributed by atoms with Crippen LogP contribution in [0.15, 0.2) is 47.3 Å². The minimum atomic E-state index is 0.771. The lowest BCUT2D eigenvalue weighted by Gasteiger charge is -2.24. The third-order valence-corrected chi connectivity index (χ3v) is 4.11. The highest BCUT2D eigenvalue weighted by atomic mass is 32.1. The summed E-state index contributed by atoms with van der Waals surface area (Å²) in [5, 5.41) is 4.03. The number of anilines is 1. The number of hydrogen-bond donors (Lipinski definition) is 1. The molecule has 1 N–H and O–H groups in total. The Labute approximate surface area is 135 Å². The normalized spacial score (nSPS) is 16.3. The second-order valence-corrected chi connectivity index (χ2v) is 5.75.